The Morgan fingerprint density at radius 3 is 3.00 bits per heavy atom. The smallest absolute Gasteiger partial charge is 0.283 e. The molecule has 4 heteroatoms. The lowest BCUT2D eigenvalue weighted by atomic mass is 10.2. The minimum Gasteiger partial charge on any atom is -0.446 e. The molecule has 0 spiro atoms. The second kappa shape index (κ2) is 3.06. The van der Waals surface area contributed by atoms with Gasteiger partial charge in [-0.15, -0.1) is 0 Å². The Bertz CT molecular complexity index is 337. The molecule has 0 saturated carbocycles. The number of carbonyl (C=O) groups is 1. The van der Waals surface area contributed by atoms with E-state index >= 15 is 0 Å². The van der Waals surface area contributed by atoms with Crippen LogP contribution in [0.4, 0.5) is 0 Å². The van der Waals surface area contributed by atoms with E-state index < -0.39 is 6.41 Å². The lowest BCUT2D eigenvalue weighted by Gasteiger charge is -2.24. The third-order valence-corrected chi connectivity index (χ3v) is 1.83. The SMILES string of the molecule is COC1NC(=O)c2ccccc2O1. The van der Waals surface area contributed by atoms with E-state index in [1.54, 1.807) is 18.2 Å². The average Bonchev–Trinajstić information content (AvgIpc) is 2.18. The fraction of sp³-hybridized carbons (Fsp3) is 0.222. The predicted octanol–water partition coefficient (Wildman–Crippen LogP) is 0.739. The van der Waals surface area contributed by atoms with E-state index in [1.165, 1.54) is 7.11 Å². The first-order valence-corrected chi connectivity index (χ1v) is 3.90. The van der Waals surface area contributed by atoms with Crippen LogP contribution in [-0.2, 0) is 4.74 Å². The number of para-hydroxylation sites is 1. The Morgan fingerprint density at radius 2 is 2.23 bits per heavy atom. The second-order valence-corrected chi connectivity index (χ2v) is 2.66. The molecule has 1 amide bonds. The molecular formula is C9H9NO3. The third-order valence-electron chi connectivity index (χ3n) is 1.83. The van der Waals surface area contributed by atoms with Crippen LogP contribution in [0.15, 0.2) is 24.3 Å². The minimum absolute atomic E-state index is 0.172. The van der Waals surface area contributed by atoms with Crippen LogP contribution in [0.3, 0.4) is 0 Å². The molecule has 0 saturated heterocycles. The third kappa shape index (κ3) is 1.36. The van der Waals surface area contributed by atoms with Gasteiger partial charge < -0.3 is 9.47 Å². The van der Waals surface area contributed by atoms with Crippen LogP contribution >= 0.6 is 0 Å². The van der Waals surface area contributed by atoms with Crippen LogP contribution < -0.4 is 10.1 Å². The highest BCUT2D eigenvalue weighted by Gasteiger charge is 2.23. The summed E-state index contributed by atoms with van der Waals surface area (Å²) in [5.41, 5.74) is 0.538. The maximum Gasteiger partial charge on any atom is 0.283 e. The van der Waals surface area contributed by atoms with Crippen molar-refractivity contribution >= 4 is 5.91 Å². The van der Waals surface area contributed by atoms with Gasteiger partial charge in [0.1, 0.15) is 5.75 Å². The molecule has 0 fully saturated rings. The Kier molecular flexibility index (Phi) is 1.90. The van der Waals surface area contributed by atoms with Gasteiger partial charge in [0.05, 0.1) is 5.56 Å². The number of ether oxygens (including phenoxy) is 2. The zero-order valence-corrected chi connectivity index (χ0v) is 7.11. The first kappa shape index (κ1) is 8.07. The molecular weight excluding hydrogens is 170 g/mol. The molecule has 1 heterocycles. The first-order valence-electron chi connectivity index (χ1n) is 3.90. The van der Waals surface area contributed by atoms with E-state index in [9.17, 15) is 4.79 Å². The molecule has 1 unspecified atom stereocenters. The average molecular weight is 179 g/mol. The highest BCUT2D eigenvalue weighted by Crippen LogP contribution is 2.22. The molecule has 1 aromatic carbocycles. The van der Waals surface area contributed by atoms with Gasteiger partial charge in [-0.1, -0.05) is 12.1 Å². The van der Waals surface area contributed by atoms with Crippen LogP contribution in [0.1, 0.15) is 10.4 Å². The van der Waals surface area contributed by atoms with Gasteiger partial charge in [0.15, 0.2) is 0 Å². The van der Waals surface area contributed by atoms with Crippen molar-refractivity contribution in [3.05, 3.63) is 29.8 Å². The zero-order chi connectivity index (χ0) is 9.26. The molecule has 1 atom stereocenters. The monoisotopic (exact) mass is 179 g/mol. The summed E-state index contributed by atoms with van der Waals surface area (Å²) in [5.74, 6) is 0.381. The molecule has 4 nitrogen and oxygen atoms in total. The number of fused-ring (bicyclic) bond motifs is 1. The van der Waals surface area contributed by atoms with Gasteiger partial charge in [0.2, 0.25) is 0 Å². The maximum absolute atomic E-state index is 11.4. The summed E-state index contributed by atoms with van der Waals surface area (Å²) in [7, 11) is 1.47. The quantitative estimate of drug-likeness (QED) is 0.691. The van der Waals surface area contributed by atoms with Gasteiger partial charge >= 0.3 is 0 Å². The van der Waals surface area contributed by atoms with E-state index in [-0.39, 0.29) is 5.91 Å². The lowest BCUT2D eigenvalue weighted by molar-refractivity contribution is -0.0754. The Balaban J connectivity index is 2.37. The van der Waals surface area contributed by atoms with Gasteiger partial charge in [0.25, 0.3) is 12.3 Å². The summed E-state index contributed by atoms with van der Waals surface area (Å²) >= 11 is 0. The molecule has 0 aliphatic carbocycles. The second-order valence-electron chi connectivity index (χ2n) is 2.66. The van der Waals surface area contributed by atoms with Crippen molar-refractivity contribution in [2.75, 3.05) is 7.11 Å². The number of hydrogen-bond acceptors (Lipinski definition) is 3. The van der Waals surface area contributed by atoms with E-state index in [2.05, 4.69) is 5.32 Å². The van der Waals surface area contributed by atoms with Gasteiger partial charge in [-0.25, -0.2) is 0 Å². The van der Waals surface area contributed by atoms with Gasteiger partial charge in [0, 0.05) is 7.11 Å². The molecule has 1 aromatic rings. The van der Waals surface area contributed by atoms with Gasteiger partial charge in [-0.2, -0.15) is 0 Å². The van der Waals surface area contributed by atoms with Gasteiger partial charge in [-0.05, 0) is 12.1 Å². The van der Waals surface area contributed by atoms with Crippen molar-refractivity contribution in [3.63, 3.8) is 0 Å². The number of benzene rings is 1. The Hall–Kier alpha value is -1.55. The fourth-order valence-electron chi connectivity index (χ4n) is 1.19. The van der Waals surface area contributed by atoms with Crippen molar-refractivity contribution in [1.82, 2.24) is 5.32 Å². The van der Waals surface area contributed by atoms with Crippen LogP contribution in [0, 0.1) is 0 Å². The summed E-state index contributed by atoms with van der Waals surface area (Å²) in [6, 6.07) is 7.04. The molecule has 13 heavy (non-hydrogen) atoms. The van der Waals surface area contributed by atoms with Crippen molar-refractivity contribution in [3.8, 4) is 5.75 Å². The molecule has 2 rings (SSSR count). The van der Waals surface area contributed by atoms with Crippen LogP contribution in [0.2, 0.25) is 0 Å². The highest BCUT2D eigenvalue weighted by atomic mass is 16.7. The molecule has 1 aliphatic rings. The highest BCUT2D eigenvalue weighted by molar-refractivity contribution is 5.97. The fourth-order valence-corrected chi connectivity index (χ4v) is 1.19. The maximum atomic E-state index is 11.4. The van der Waals surface area contributed by atoms with Crippen molar-refractivity contribution in [2.24, 2.45) is 0 Å². The van der Waals surface area contributed by atoms with Crippen molar-refractivity contribution in [1.29, 1.82) is 0 Å². The van der Waals surface area contributed by atoms with E-state index in [1.807, 2.05) is 6.07 Å². The van der Waals surface area contributed by atoms with E-state index in [4.69, 9.17) is 9.47 Å². The number of methoxy groups -OCH3 is 1. The number of nitrogens with one attached hydrogen (secondary N) is 1. The summed E-state index contributed by atoms with van der Waals surface area (Å²) in [4.78, 5) is 11.4. The standard InChI is InChI=1S/C9H9NO3/c1-12-9-10-8(11)6-4-2-3-5-7(6)13-9/h2-5,9H,1H3,(H,10,11). The largest absolute Gasteiger partial charge is 0.446 e. The molecule has 1 aliphatic heterocycles. The lowest BCUT2D eigenvalue weighted by Crippen LogP contribution is -2.44. The summed E-state index contributed by atoms with van der Waals surface area (Å²) in [6.07, 6.45) is -0.678. The topological polar surface area (TPSA) is 47.6 Å². The van der Waals surface area contributed by atoms with Crippen LogP contribution in [-0.4, -0.2) is 19.4 Å². The Morgan fingerprint density at radius 1 is 1.46 bits per heavy atom. The molecule has 1 N–H and O–H groups in total. The molecule has 0 bridgehead atoms. The summed E-state index contributed by atoms with van der Waals surface area (Å²) in [6.45, 7) is 0. The normalized spacial score (nSPS) is 20.1. The number of amides is 1. The van der Waals surface area contributed by atoms with Crippen LogP contribution in [0.25, 0.3) is 0 Å². The van der Waals surface area contributed by atoms with Crippen molar-refractivity contribution < 1.29 is 14.3 Å². The number of carbonyl (C=O) groups excluding carboxylic acids is 1. The molecule has 0 radical (unpaired) electrons. The first-order chi connectivity index (χ1) is 6.31. The Labute approximate surface area is 75.5 Å². The zero-order valence-electron chi connectivity index (χ0n) is 7.11. The van der Waals surface area contributed by atoms with E-state index in [0.717, 1.165) is 0 Å². The summed E-state index contributed by atoms with van der Waals surface area (Å²) < 4.78 is 10.2. The number of rotatable bonds is 1. The minimum atomic E-state index is -0.678. The van der Waals surface area contributed by atoms with Crippen molar-refractivity contribution in [2.45, 2.75) is 6.41 Å². The predicted molar refractivity (Wildman–Crippen MR) is 45.3 cm³/mol. The van der Waals surface area contributed by atoms with Gasteiger partial charge in [-0.3, -0.25) is 10.1 Å². The molecule has 0 aromatic heterocycles. The van der Waals surface area contributed by atoms with Crippen LogP contribution in [0.5, 0.6) is 5.75 Å². The van der Waals surface area contributed by atoms with E-state index in [0.29, 0.717) is 11.3 Å². The molecule has 68 valence electrons. The summed E-state index contributed by atoms with van der Waals surface area (Å²) in [5, 5.41) is 2.54. The number of hydrogen-bond donors (Lipinski definition) is 1.